The van der Waals surface area contributed by atoms with Crippen LogP contribution < -0.4 is 10.6 Å². The van der Waals surface area contributed by atoms with E-state index >= 15 is 0 Å². The summed E-state index contributed by atoms with van der Waals surface area (Å²) < 4.78 is 0. The summed E-state index contributed by atoms with van der Waals surface area (Å²) in [6.45, 7) is 8.90. The summed E-state index contributed by atoms with van der Waals surface area (Å²) in [6.07, 6.45) is 10.2. The van der Waals surface area contributed by atoms with Crippen LogP contribution >= 0.6 is 12.2 Å². The van der Waals surface area contributed by atoms with Gasteiger partial charge < -0.3 is 10.6 Å². The second-order valence-electron chi connectivity index (χ2n) is 5.41. The predicted octanol–water partition coefficient (Wildman–Crippen LogP) is 4.39. The fraction of sp³-hybridized carbons (Fsp3) is 0.933. The first-order valence-electron chi connectivity index (χ1n) is 7.67. The normalized spacial score (nSPS) is 14.0. The van der Waals surface area contributed by atoms with Crippen molar-refractivity contribution < 1.29 is 0 Å². The summed E-state index contributed by atoms with van der Waals surface area (Å²) >= 11 is 5.34. The van der Waals surface area contributed by atoms with E-state index in [1.54, 1.807) is 0 Å². The summed E-state index contributed by atoms with van der Waals surface area (Å²) in [5, 5.41) is 7.58. The van der Waals surface area contributed by atoms with E-state index in [0.29, 0.717) is 12.1 Å². The zero-order valence-electron chi connectivity index (χ0n) is 12.7. The average molecular weight is 273 g/mol. The fourth-order valence-electron chi connectivity index (χ4n) is 2.03. The third kappa shape index (κ3) is 10.8. The van der Waals surface area contributed by atoms with Crippen molar-refractivity contribution in [3.63, 3.8) is 0 Å². The summed E-state index contributed by atoms with van der Waals surface area (Å²) in [4.78, 5) is 0. The van der Waals surface area contributed by atoms with Gasteiger partial charge in [0.15, 0.2) is 5.11 Å². The van der Waals surface area contributed by atoms with Gasteiger partial charge >= 0.3 is 0 Å². The van der Waals surface area contributed by atoms with Gasteiger partial charge in [0.2, 0.25) is 0 Å². The molecule has 2 atom stereocenters. The molecule has 0 heterocycles. The van der Waals surface area contributed by atoms with Gasteiger partial charge in [0, 0.05) is 12.1 Å². The Morgan fingerprint density at radius 1 is 0.833 bits per heavy atom. The number of nitrogens with one attached hydrogen (secondary N) is 2. The molecule has 0 aromatic rings. The first-order valence-corrected chi connectivity index (χ1v) is 8.08. The molecule has 0 amide bonds. The van der Waals surface area contributed by atoms with Crippen molar-refractivity contribution in [3.8, 4) is 0 Å². The smallest absolute Gasteiger partial charge is 0.166 e. The van der Waals surface area contributed by atoms with E-state index in [4.69, 9.17) is 12.2 Å². The lowest BCUT2D eigenvalue weighted by Gasteiger charge is -2.20. The lowest BCUT2D eigenvalue weighted by atomic mass is 10.1. The number of hydrogen-bond donors (Lipinski definition) is 2. The molecule has 0 rings (SSSR count). The van der Waals surface area contributed by atoms with E-state index in [1.165, 1.54) is 51.4 Å². The highest BCUT2D eigenvalue weighted by atomic mass is 32.1. The van der Waals surface area contributed by atoms with Crippen molar-refractivity contribution in [2.24, 2.45) is 0 Å². The highest BCUT2D eigenvalue weighted by molar-refractivity contribution is 7.80. The standard InChI is InChI=1S/C15H32N2S/c1-5-7-9-11-13(3)16-15(18)17-14(4)12-10-8-6-2/h13-14H,5-12H2,1-4H3,(H2,16,17,18). The van der Waals surface area contributed by atoms with Crippen LogP contribution in [0.4, 0.5) is 0 Å². The van der Waals surface area contributed by atoms with Gasteiger partial charge in [0.25, 0.3) is 0 Å². The van der Waals surface area contributed by atoms with Crippen LogP contribution in [0.25, 0.3) is 0 Å². The number of rotatable bonds is 10. The second-order valence-corrected chi connectivity index (χ2v) is 5.82. The quantitative estimate of drug-likeness (QED) is 0.455. The van der Waals surface area contributed by atoms with Gasteiger partial charge in [-0.1, -0.05) is 52.4 Å². The highest BCUT2D eigenvalue weighted by Crippen LogP contribution is 2.04. The molecule has 2 N–H and O–H groups in total. The third-order valence-corrected chi connectivity index (χ3v) is 3.47. The Hall–Kier alpha value is -0.310. The molecule has 3 heteroatoms. The molecule has 0 saturated carbocycles. The molecule has 0 saturated heterocycles. The maximum absolute atomic E-state index is 5.34. The maximum atomic E-state index is 5.34. The first kappa shape index (κ1) is 17.7. The van der Waals surface area contributed by atoms with Crippen LogP contribution in [-0.4, -0.2) is 17.2 Å². The average Bonchev–Trinajstić information content (AvgIpc) is 2.29. The molecule has 0 aromatic heterocycles. The van der Waals surface area contributed by atoms with Crippen molar-refractivity contribution in [3.05, 3.63) is 0 Å². The summed E-state index contributed by atoms with van der Waals surface area (Å²) in [5.74, 6) is 0. The fourth-order valence-corrected chi connectivity index (χ4v) is 2.44. The summed E-state index contributed by atoms with van der Waals surface area (Å²) in [6, 6.07) is 0.971. The number of unbranched alkanes of at least 4 members (excludes halogenated alkanes) is 4. The first-order chi connectivity index (χ1) is 8.60. The molecular weight excluding hydrogens is 240 g/mol. The zero-order valence-corrected chi connectivity index (χ0v) is 13.5. The van der Waals surface area contributed by atoms with Crippen LogP contribution in [0.1, 0.15) is 79.1 Å². The van der Waals surface area contributed by atoms with Crippen LogP contribution in [-0.2, 0) is 0 Å². The van der Waals surface area contributed by atoms with E-state index < -0.39 is 0 Å². The number of thiocarbonyl (C=S) groups is 1. The largest absolute Gasteiger partial charge is 0.360 e. The van der Waals surface area contributed by atoms with Crippen LogP contribution in [0.2, 0.25) is 0 Å². The Morgan fingerprint density at radius 3 is 1.56 bits per heavy atom. The summed E-state index contributed by atoms with van der Waals surface area (Å²) in [7, 11) is 0. The highest BCUT2D eigenvalue weighted by Gasteiger charge is 2.06. The van der Waals surface area contributed by atoms with Crippen molar-refractivity contribution in [2.75, 3.05) is 0 Å². The molecule has 2 nitrogen and oxygen atoms in total. The van der Waals surface area contributed by atoms with E-state index in [-0.39, 0.29) is 0 Å². The maximum Gasteiger partial charge on any atom is 0.166 e. The van der Waals surface area contributed by atoms with Crippen molar-refractivity contribution in [1.29, 1.82) is 0 Å². The topological polar surface area (TPSA) is 24.1 Å². The van der Waals surface area contributed by atoms with E-state index in [1.807, 2.05) is 0 Å². The number of hydrogen-bond acceptors (Lipinski definition) is 1. The third-order valence-electron chi connectivity index (χ3n) is 3.24. The lowest BCUT2D eigenvalue weighted by molar-refractivity contribution is 0.525. The van der Waals surface area contributed by atoms with Gasteiger partial charge in [-0.25, -0.2) is 0 Å². The molecule has 0 radical (unpaired) electrons. The Bertz CT molecular complexity index is 187. The molecule has 0 bridgehead atoms. The minimum Gasteiger partial charge on any atom is -0.360 e. The van der Waals surface area contributed by atoms with Crippen LogP contribution in [0.15, 0.2) is 0 Å². The predicted molar refractivity (Wildman–Crippen MR) is 86.1 cm³/mol. The minimum absolute atomic E-state index is 0.486. The Labute approximate surface area is 119 Å². The molecule has 0 aromatic carbocycles. The van der Waals surface area contributed by atoms with Gasteiger partial charge in [0.05, 0.1) is 0 Å². The van der Waals surface area contributed by atoms with Crippen LogP contribution in [0.5, 0.6) is 0 Å². The SMILES string of the molecule is CCCCCC(C)NC(=S)NC(C)CCCCC. The van der Waals surface area contributed by atoms with Crippen molar-refractivity contribution in [2.45, 2.75) is 91.1 Å². The minimum atomic E-state index is 0.486. The van der Waals surface area contributed by atoms with Gasteiger partial charge in [-0.3, -0.25) is 0 Å². The molecule has 2 unspecified atom stereocenters. The Morgan fingerprint density at radius 2 is 1.22 bits per heavy atom. The molecule has 0 spiro atoms. The van der Waals surface area contributed by atoms with Crippen LogP contribution in [0.3, 0.4) is 0 Å². The lowest BCUT2D eigenvalue weighted by Crippen LogP contribution is -2.44. The van der Waals surface area contributed by atoms with Gasteiger partial charge in [-0.05, 0) is 38.9 Å². The van der Waals surface area contributed by atoms with Crippen molar-refractivity contribution >= 4 is 17.3 Å². The Kier molecular flexibility index (Phi) is 11.6. The van der Waals surface area contributed by atoms with Gasteiger partial charge in [-0.2, -0.15) is 0 Å². The van der Waals surface area contributed by atoms with E-state index in [2.05, 4.69) is 38.3 Å². The molecule has 0 aliphatic carbocycles. The molecule has 0 fully saturated rings. The monoisotopic (exact) mass is 272 g/mol. The van der Waals surface area contributed by atoms with Crippen LogP contribution in [0, 0.1) is 0 Å². The Balaban J connectivity index is 3.61. The second kappa shape index (κ2) is 11.8. The molecular formula is C15H32N2S. The molecule has 108 valence electrons. The van der Waals surface area contributed by atoms with Gasteiger partial charge in [0.1, 0.15) is 0 Å². The van der Waals surface area contributed by atoms with Gasteiger partial charge in [-0.15, -0.1) is 0 Å². The summed E-state index contributed by atoms with van der Waals surface area (Å²) in [5.41, 5.74) is 0. The molecule has 0 aliphatic rings. The molecule has 0 aliphatic heterocycles. The zero-order chi connectivity index (χ0) is 13.8. The molecule has 18 heavy (non-hydrogen) atoms. The van der Waals surface area contributed by atoms with Crippen molar-refractivity contribution in [1.82, 2.24) is 10.6 Å². The van der Waals surface area contributed by atoms with E-state index in [9.17, 15) is 0 Å². The van der Waals surface area contributed by atoms with E-state index in [0.717, 1.165) is 5.11 Å².